The second kappa shape index (κ2) is 14.6. The molecule has 30 heavy (non-hydrogen) atoms. The molecule has 3 amide bonds. The van der Waals surface area contributed by atoms with Crippen molar-refractivity contribution in [3.63, 3.8) is 0 Å². The number of carbonyl (C=O) groups excluding carboxylic acids is 3. The van der Waals surface area contributed by atoms with E-state index >= 15 is 0 Å². The van der Waals surface area contributed by atoms with Crippen LogP contribution < -0.4 is 21.7 Å². The monoisotopic (exact) mass is 448 g/mol. The number of hydrogen-bond acceptors (Lipinski definition) is 7. The van der Waals surface area contributed by atoms with Crippen molar-refractivity contribution in [2.75, 3.05) is 18.6 Å². The maximum atomic E-state index is 12.7. The van der Waals surface area contributed by atoms with E-state index in [1.54, 1.807) is 13.8 Å². The quantitative estimate of drug-likeness (QED) is 0.185. The van der Waals surface area contributed by atoms with Gasteiger partial charge in [0.15, 0.2) is 0 Å². The highest BCUT2D eigenvalue weighted by Crippen LogP contribution is 2.11. The fourth-order valence-electron chi connectivity index (χ4n) is 2.50. The highest BCUT2D eigenvalue weighted by Gasteiger charge is 2.32. The molecular weight excluding hydrogens is 416 g/mol. The van der Waals surface area contributed by atoms with Gasteiger partial charge >= 0.3 is 11.9 Å². The van der Waals surface area contributed by atoms with Gasteiger partial charge in [-0.15, -0.1) is 0 Å². The highest BCUT2D eigenvalue weighted by atomic mass is 32.2. The minimum Gasteiger partial charge on any atom is -0.481 e. The predicted molar refractivity (Wildman–Crippen MR) is 112 cm³/mol. The Labute approximate surface area is 179 Å². The van der Waals surface area contributed by atoms with E-state index in [-0.39, 0.29) is 18.9 Å². The van der Waals surface area contributed by atoms with Crippen LogP contribution in [0.2, 0.25) is 0 Å². The molecule has 0 aromatic rings. The van der Waals surface area contributed by atoms with Crippen LogP contribution in [0.4, 0.5) is 0 Å². The van der Waals surface area contributed by atoms with Gasteiger partial charge in [0.05, 0.1) is 6.54 Å². The van der Waals surface area contributed by atoms with Crippen LogP contribution in [0.1, 0.15) is 39.5 Å². The molecule has 0 aliphatic carbocycles. The maximum Gasteiger partial charge on any atom is 0.326 e. The van der Waals surface area contributed by atoms with Crippen molar-refractivity contribution in [3.05, 3.63) is 0 Å². The predicted octanol–water partition coefficient (Wildman–Crippen LogP) is -0.852. The summed E-state index contributed by atoms with van der Waals surface area (Å²) >= 11 is 1.48. The highest BCUT2D eigenvalue weighted by molar-refractivity contribution is 7.98. The van der Waals surface area contributed by atoms with Gasteiger partial charge in [0.1, 0.15) is 18.1 Å². The first-order valence-corrected chi connectivity index (χ1v) is 11.0. The molecule has 4 atom stereocenters. The summed E-state index contributed by atoms with van der Waals surface area (Å²) in [4.78, 5) is 59.1. The number of carboxylic acid groups (broad SMARTS) is 2. The standard InChI is InChI=1S/C18H32N4O7S/c1-4-10(2)15(17(27)21-12(18(28)29)5-6-14(24)25)22-16(26)11(7-8-30-3)20-13(23)9-19/h10-12,15H,4-9,19H2,1-3H3,(H,20,23)(H,21,27)(H,22,26)(H,24,25)(H,28,29). The Morgan fingerprint density at radius 1 is 0.967 bits per heavy atom. The Morgan fingerprint density at radius 3 is 2.07 bits per heavy atom. The van der Waals surface area contributed by atoms with E-state index in [9.17, 15) is 29.1 Å². The molecule has 0 aromatic heterocycles. The lowest BCUT2D eigenvalue weighted by atomic mass is 9.97. The number of nitrogens with two attached hydrogens (primary N) is 1. The number of thioether (sulfide) groups is 1. The van der Waals surface area contributed by atoms with Gasteiger partial charge in [0, 0.05) is 6.42 Å². The number of nitrogens with one attached hydrogen (secondary N) is 3. The largest absolute Gasteiger partial charge is 0.481 e. The molecule has 0 spiro atoms. The molecule has 0 rings (SSSR count). The molecule has 172 valence electrons. The van der Waals surface area contributed by atoms with Crippen molar-refractivity contribution in [1.82, 2.24) is 16.0 Å². The van der Waals surface area contributed by atoms with Gasteiger partial charge in [-0.05, 0) is 30.8 Å². The summed E-state index contributed by atoms with van der Waals surface area (Å²) in [6.07, 6.45) is 1.96. The van der Waals surface area contributed by atoms with E-state index in [1.807, 2.05) is 6.26 Å². The first-order chi connectivity index (χ1) is 14.1. The third kappa shape index (κ3) is 10.4. The Bertz CT molecular complexity index is 617. The summed E-state index contributed by atoms with van der Waals surface area (Å²) in [5, 5.41) is 25.4. The van der Waals surface area contributed by atoms with Crippen molar-refractivity contribution in [2.24, 2.45) is 11.7 Å². The van der Waals surface area contributed by atoms with Crippen molar-refractivity contribution in [3.8, 4) is 0 Å². The van der Waals surface area contributed by atoms with Crippen LogP contribution in [0.15, 0.2) is 0 Å². The number of amides is 3. The minimum atomic E-state index is -1.40. The minimum absolute atomic E-state index is 0.289. The van der Waals surface area contributed by atoms with E-state index in [4.69, 9.17) is 10.8 Å². The number of carboxylic acids is 2. The van der Waals surface area contributed by atoms with Gasteiger partial charge in [-0.2, -0.15) is 11.8 Å². The average molecular weight is 449 g/mol. The Hall–Kier alpha value is -2.34. The van der Waals surface area contributed by atoms with Gasteiger partial charge in [-0.1, -0.05) is 20.3 Å². The molecule has 11 nitrogen and oxygen atoms in total. The number of rotatable bonds is 15. The van der Waals surface area contributed by atoms with Gasteiger partial charge < -0.3 is 31.9 Å². The second-order valence-electron chi connectivity index (χ2n) is 6.81. The van der Waals surface area contributed by atoms with E-state index in [1.165, 1.54) is 11.8 Å². The smallest absolute Gasteiger partial charge is 0.326 e. The summed E-state index contributed by atoms with van der Waals surface area (Å²) in [5.41, 5.74) is 5.29. The SMILES string of the molecule is CCC(C)C(NC(=O)C(CCSC)NC(=O)CN)C(=O)NC(CCC(=O)O)C(=O)O. The zero-order valence-electron chi connectivity index (χ0n) is 17.5. The van der Waals surface area contributed by atoms with Crippen molar-refractivity contribution in [2.45, 2.75) is 57.7 Å². The summed E-state index contributed by atoms with van der Waals surface area (Å²) in [5.74, 6) is -4.14. The topological polar surface area (TPSA) is 188 Å². The molecule has 0 radical (unpaired) electrons. The maximum absolute atomic E-state index is 12.7. The van der Waals surface area contributed by atoms with Crippen LogP contribution in [0.5, 0.6) is 0 Å². The lowest BCUT2D eigenvalue weighted by Gasteiger charge is -2.27. The van der Waals surface area contributed by atoms with E-state index < -0.39 is 54.2 Å². The Balaban J connectivity index is 5.37. The zero-order chi connectivity index (χ0) is 23.3. The van der Waals surface area contributed by atoms with Crippen LogP contribution >= 0.6 is 11.8 Å². The summed E-state index contributed by atoms with van der Waals surface area (Å²) in [7, 11) is 0. The van der Waals surface area contributed by atoms with Crippen molar-refractivity contribution < 1.29 is 34.2 Å². The van der Waals surface area contributed by atoms with E-state index in [2.05, 4.69) is 16.0 Å². The fourth-order valence-corrected chi connectivity index (χ4v) is 2.97. The van der Waals surface area contributed by atoms with Crippen LogP contribution in [-0.2, 0) is 24.0 Å². The van der Waals surface area contributed by atoms with E-state index in [0.29, 0.717) is 18.6 Å². The van der Waals surface area contributed by atoms with Gasteiger partial charge in [-0.3, -0.25) is 19.2 Å². The molecule has 7 N–H and O–H groups in total. The number of hydrogen-bond donors (Lipinski definition) is 6. The normalized spacial score (nSPS) is 14.7. The van der Waals surface area contributed by atoms with Crippen molar-refractivity contribution >= 4 is 41.4 Å². The molecular formula is C18H32N4O7S. The van der Waals surface area contributed by atoms with Crippen LogP contribution in [0.25, 0.3) is 0 Å². The average Bonchev–Trinajstić information content (AvgIpc) is 2.70. The molecule has 0 bridgehead atoms. The molecule has 0 heterocycles. The number of aliphatic carboxylic acids is 2. The molecule has 0 saturated carbocycles. The first-order valence-electron chi connectivity index (χ1n) is 9.60. The fraction of sp³-hybridized carbons (Fsp3) is 0.722. The first kappa shape index (κ1) is 27.7. The summed E-state index contributed by atoms with van der Waals surface area (Å²) in [6, 6.07) is -3.35. The van der Waals surface area contributed by atoms with Gasteiger partial charge in [0.25, 0.3) is 0 Å². The molecule has 0 aliphatic rings. The van der Waals surface area contributed by atoms with Crippen LogP contribution in [-0.4, -0.2) is 76.6 Å². The third-order valence-corrected chi connectivity index (χ3v) is 5.15. The molecule has 0 aliphatic heterocycles. The third-order valence-electron chi connectivity index (χ3n) is 4.50. The lowest BCUT2D eigenvalue weighted by Crippen LogP contribution is -2.58. The molecule has 12 heteroatoms. The van der Waals surface area contributed by atoms with Crippen LogP contribution in [0.3, 0.4) is 0 Å². The van der Waals surface area contributed by atoms with Crippen molar-refractivity contribution in [1.29, 1.82) is 0 Å². The Morgan fingerprint density at radius 2 is 1.60 bits per heavy atom. The molecule has 0 aromatic carbocycles. The lowest BCUT2D eigenvalue weighted by molar-refractivity contribution is -0.143. The zero-order valence-corrected chi connectivity index (χ0v) is 18.3. The van der Waals surface area contributed by atoms with Gasteiger partial charge in [-0.25, -0.2) is 4.79 Å². The second-order valence-corrected chi connectivity index (χ2v) is 7.79. The van der Waals surface area contributed by atoms with Gasteiger partial charge in [0.2, 0.25) is 17.7 Å². The molecule has 0 saturated heterocycles. The summed E-state index contributed by atoms with van der Waals surface area (Å²) in [6.45, 7) is 3.23. The Kier molecular flexibility index (Phi) is 13.5. The summed E-state index contributed by atoms with van der Waals surface area (Å²) < 4.78 is 0. The van der Waals surface area contributed by atoms with Crippen LogP contribution in [0, 0.1) is 5.92 Å². The number of carbonyl (C=O) groups is 5. The molecule has 0 fully saturated rings. The van der Waals surface area contributed by atoms with E-state index in [0.717, 1.165) is 0 Å². The molecule has 4 unspecified atom stereocenters.